The van der Waals surface area contributed by atoms with E-state index in [0.717, 1.165) is 38.5 Å². The fraction of sp³-hybridized carbons (Fsp3) is 0.545. The summed E-state index contributed by atoms with van der Waals surface area (Å²) in [6.45, 7) is 5.51. The Morgan fingerprint density at radius 2 is 2.03 bits per heavy atom. The Labute approximate surface area is 201 Å². The van der Waals surface area contributed by atoms with E-state index in [1.165, 1.54) is 12.8 Å². The summed E-state index contributed by atoms with van der Waals surface area (Å²) in [5.41, 5.74) is 1.70. The van der Waals surface area contributed by atoms with Gasteiger partial charge in [-0.3, -0.25) is 0 Å². The molecule has 0 unspecified atom stereocenters. The smallest absolute Gasteiger partial charge is 0.293 e. The molecule has 11 heteroatoms. The molecule has 0 bridgehead atoms. The lowest BCUT2D eigenvalue weighted by atomic mass is 9.80. The maximum atomic E-state index is 9.25. The van der Waals surface area contributed by atoms with Crippen molar-refractivity contribution in [3.05, 3.63) is 28.2 Å². The summed E-state index contributed by atoms with van der Waals surface area (Å²) in [6, 6.07) is 0. The largest absolute Gasteiger partial charge is 0.431 e. The first-order chi connectivity index (χ1) is 16.1. The van der Waals surface area contributed by atoms with Crippen LogP contribution in [-0.2, 0) is 13.0 Å². The van der Waals surface area contributed by atoms with Gasteiger partial charge in [-0.05, 0) is 48.7 Å². The summed E-state index contributed by atoms with van der Waals surface area (Å²) in [5.74, 6) is 5.20. The Morgan fingerprint density at radius 1 is 1.18 bits per heavy atom. The number of aliphatic hydroxyl groups is 1. The van der Waals surface area contributed by atoms with Crippen molar-refractivity contribution in [2.45, 2.75) is 25.8 Å². The van der Waals surface area contributed by atoms with Crippen molar-refractivity contribution >= 4 is 40.2 Å². The minimum absolute atomic E-state index is 0.0106. The number of terminal acetylenes is 1. The predicted molar refractivity (Wildman–Crippen MR) is 125 cm³/mol. The van der Waals surface area contributed by atoms with Gasteiger partial charge in [0.05, 0.1) is 19.3 Å². The highest BCUT2D eigenvalue weighted by Gasteiger charge is 2.36. The predicted octanol–water partition coefficient (Wildman–Crippen LogP) is 2.49. The number of piperidine rings is 1. The van der Waals surface area contributed by atoms with Gasteiger partial charge in [0.2, 0.25) is 0 Å². The molecule has 0 amide bonds. The number of likely N-dealkylation sites (tertiary alicyclic amines) is 1. The number of oxazole rings is 1. The molecule has 2 saturated heterocycles. The molecular weight excluding hydrogens is 465 g/mol. The Bertz CT molecular complexity index is 1180. The number of aryl methyl sites for hydroxylation is 2. The fourth-order valence-electron chi connectivity index (χ4n) is 4.82. The van der Waals surface area contributed by atoms with Crippen molar-refractivity contribution in [1.82, 2.24) is 29.6 Å². The summed E-state index contributed by atoms with van der Waals surface area (Å²) in [5, 5.41) is 14.0. The number of fused-ring (bicyclic) bond motifs is 1. The minimum atomic E-state index is 0.0106. The van der Waals surface area contributed by atoms with E-state index in [1.54, 1.807) is 10.9 Å². The third kappa shape index (κ3) is 4.53. The number of aliphatic hydroxyl groups excluding tert-OH is 1. The van der Waals surface area contributed by atoms with Gasteiger partial charge < -0.3 is 19.3 Å². The second kappa shape index (κ2) is 9.47. The zero-order valence-corrected chi connectivity index (χ0v) is 19.6. The number of nitrogens with zero attached hydrogens (tertiary/aromatic N) is 7. The fourth-order valence-corrected chi connectivity index (χ4v) is 5.26. The Balaban J connectivity index is 1.29. The van der Waals surface area contributed by atoms with Crippen molar-refractivity contribution in [2.24, 2.45) is 11.8 Å². The van der Waals surface area contributed by atoms with E-state index >= 15 is 0 Å². The zero-order valence-electron chi connectivity index (χ0n) is 18.1. The molecule has 3 aromatic heterocycles. The Hall–Kier alpha value is -2.38. The number of β-amino-alcohol motifs (C(OH)–C–C–N with tert-alkyl or cyclic N) is 1. The maximum absolute atomic E-state index is 9.25. The normalized spacial score (nSPS) is 19.7. The summed E-state index contributed by atoms with van der Waals surface area (Å²) >= 11 is 11.8. The topological polar surface area (TPSA) is 96.3 Å². The van der Waals surface area contributed by atoms with E-state index in [0.29, 0.717) is 47.4 Å². The van der Waals surface area contributed by atoms with Crippen molar-refractivity contribution in [1.29, 1.82) is 0 Å². The van der Waals surface area contributed by atoms with E-state index in [2.05, 4.69) is 30.8 Å². The first-order valence-corrected chi connectivity index (χ1v) is 11.9. The van der Waals surface area contributed by atoms with Crippen LogP contribution in [0.25, 0.3) is 11.2 Å². The van der Waals surface area contributed by atoms with E-state index < -0.39 is 0 Å². The molecule has 0 aliphatic carbocycles. The lowest BCUT2D eigenvalue weighted by Crippen LogP contribution is -2.54. The average molecular weight is 490 g/mol. The van der Waals surface area contributed by atoms with Crippen LogP contribution in [0.1, 0.15) is 24.3 Å². The molecular formula is C22H25Cl2N7O2. The van der Waals surface area contributed by atoms with Crippen LogP contribution < -0.4 is 4.90 Å². The minimum Gasteiger partial charge on any atom is -0.431 e. The Kier molecular flexibility index (Phi) is 6.43. The first kappa shape index (κ1) is 22.4. The van der Waals surface area contributed by atoms with Crippen LogP contribution >= 0.6 is 23.2 Å². The molecule has 33 heavy (non-hydrogen) atoms. The molecule has 9 nitrogen and oxygen atoms in total. The third-order valence-electron chi connectivity index (χ3n) is 6.60. The quantitative estimate of drug-likeness (QED) is 0.505. The highest BCUT2D eigenvalue weighted by atomic mass is 35.5. The van der Waals surface area contributed by atoms with Crippen molar-refractivity contribution in [2.75, 3.05) is 44.2 Å². The van der Waals surface area contributed by atoms with Gasteiger partial charge in [0.1, 0.15) is 17.1 Å². The van der Waals surface area contributed by atoms with Crippen molar-refractivity contribution in [3.8, 4) is 12.3 Å². The molecule has 2 aliphatic rings. The molecule has 0 spiro atoms. The SMILES string of the molecule is C#Cc1nn(CCc2oc(Cl)nc2Cl)c2nc(N3CC([C@H]4CCCN(CCO)C4)C3)cnc12. The van der Waals surface area contributed by atoms with Gasteiger partial charge in [-0.1, -0.05) is 11.6 Å². The van der Waals surface area contributed by atoms with Crippen LogP contribution in [0.4, 0.5) is 5.82 Å². The molecule has 2 aliphatic heterocycles. The number of halogens is 2. The molecule has 0 aromatic carbocycles. The van der Waals surface area contributed by atoms with E-state index in [1.807, 2.05) is 0 Å². The van der Waals surface area contributed by atoms with Crippen LogP contribution in [0.5, 0.6) is 0 Å². The van der Waals surface area contributed by atoms with Crippen LogP contribution in [0, 0.1) is 24.2 Å². The first-order valence-electron chi connectivity index (χ1n) is 11.1. The van der Waals surface area contributed by atoms with E-state index in [-0.39, 0.29) is 17.1 Å². The second-order valence-electron chi connectivity index (χ2n) is 8.64. The van der Waals surface area contributed by atoms with Crippen molar-refractivity contribution < 1.29 is 9.52 Å². The maximum Gasteiger partial charge on any atom is 0.293 e. The Morgan fingerprint density at radius 3 is 2.76 bits per heavy atom. The monoisotopic (exact) mass is 489 g/mol. The number of hydrogen-bond donors (Lipinski definition) is 1. The summed E-state index contributed by atoms with van der Waals surface area (Å²) in [4.78, 5) is 17.9. The molecule has 5 rings (SSSR count). The summed E-state index contributed by atoms with van der Waals surface area (Å²) in [7, 11) is 0. The van der Waals surface area contributed by atoms with Crippen LogP contribution in [0.15, 0.2) is 10.6 Å². The van der Waals surface area contributed by atoms with Gasteiger partial charge in [0.15, 0.2) is 16.5 Å². The average Bonchev–Trinajstić information content (AvgIpc) is 3.29. The van der Waals surface area contributed by atoms with Gasteiger partial charge in [-0.15, -0.1) is 6.42 Å². The lowest BCUT2D eigenvalue weighted by molar-refractivity contribution is 0.101. The lowest BCUT2D eigenvalue weighted by Gasteiger charge is -2.47. The summed E-state index contributed by atoms with van der Waals surface area (Å²) < 4.78 is 7.08. The van der Waals surface area contributed by atoms with Crippen LogP contribution in [-0.4, -0.2) is 74.1 Å². The van der Waals surface area contributed by atoms with Gasteiger partial charge in [-0.25, -0.2) is 14.6 Å². The van der Waals surface area contributed by atoms with Crippen molar-refractivity contribution in [3.63, 3.8) is 0 Å². The number of aromatic nitrogens is 5. The molecule has 5 heterocycles. The van der Waals surface area contributed by atoms with Crippen LogP contribution in [0.2, 0.25) is 10.5 Å². The standard InChI is InChI=1S/C22H25Cl2N7O2/c1-2-16-19-21(31(28-16)7-5-17-20(23)27-22(24)33-17)26-18(10-25-19)30-12-15(13-30)14-4-3-6-29(11-14)8-9-32/h1,10,14-15,32H,3-9,11-13H2/t14-/m0/s1. The molecule has 2 fully saturated rings. The van der Waals surface area contributed by atoms with E-state index in [9.17, 15) is 5.11 Å². The third-order valence-corrected chi connectivity index (χ3v) is 7.06. The second-order valence-corrected chi connectivity index (χ2v) is 9.32. The highest BCUT2D eigenvalue weighted by Crippen LogP contribution is 2.33. The van der Waals surface area contributed by atoms with Gasteiger partial charge >= 0.3 is 0 Å². The number of rotatable bonds is 7. The molecule has 0 radical (unpaired) electrons. The molecule has 1 N–H and O–H groups in total. The molecule has 3 aromatic rings. The van der Waals surface area contributed by atoms with Gasteiger partial charge in [-0.2, -0.15) is 10.1 Å². The highest BCUT2D eigenvalue weighted by molar-refractivity contribution is 6.32. The summed E-state index contributed by atoms with van der Waals surface area (Å²) in [6.07, 6.45) is 10.3. The van der Waals surface area contributed by atoms with Gasteiger partial charge in [0, 0.05) is 32.6 Å². The van der Waals surface area contributed by atoms with Gasteiger partial charge in [0.25, 0.3) is 5.35 Å². The molecule has 1 atom stereocenters. The van der Waals surface area contributed by atoms with Crippen LogP contribution in [0.3, 0.4) is 0 Å². The molecule has 174 valence electrons. The number of anilines is 1. The number of hydrogen-bond acceptors (Lipinski definition) is 8. The van der Waals surface area contributed by atoms with E-state index in [4.69, 9.17) is 39.0 Å². The zero-order chi connectivity index (χ0) is 22.9. The molecule has 0 saturated carbocycles.